The zero-order valence-corrected chi connectivity index (χ0v) is 10.8. The van der Waals surface area contributed by atoms with E-state index in [9.17, 15) is 0 Å². The van der Waals surface area contributed by atoms with Gasteiger partial charge in [-0.25, -0.2) is 4.68 Å². The number of anilines is 1. The first-order chi connectivity index (χ1) is 8.66. The van der Waals surface area contributed by atoms with Crippen LogP contribution in [0.2, 0.25) is 0 Å². The predicted molar refractivity (Wildman–Crippen MR) is 70.0 cm³/mol. The Morgan fingerprint density at radius 1 is 1.33 bits per heavy atom. The van der Waals surface area contributed by atoms with Crippen LogP contribution in [-0.4, -0.2) is 35.5 Å². The molecule has 1 aliphatic heterocycles. The molecular weight excluding hydrogens is 228 g/mol. The minimum Gasteiger partial charge on any atom is -0.492 e. The smallest absolute Gasteiger partial charge is 0.223 e. The monoisotopic (exact) mass is 244 g/mol. The van der Waals surface area contributed by atoms with E-state index in [0.717, 1.165) is 36.1 Å². The van der Waals surface area contributed by atoms with Gasteiger partial charge in [-0.2, -0.15) is 4.98 Å². The van der Waals surface area contributed by atoms with Crippen molar-refractivity contribution in [2.75, 3.05) is 25.6 Å². The fourth-order valence-electron chi connectivity index (χ4n) is 2.27. The number of rotatable bonds is 2. The van der Waals surface area contributed by atoms with Crippen molar-refractivity contribution < 1.29 is 4.74 Å². The first-order valence-electron chi connectivity index (χ1n) is 6.00. The van der Waals surface area contributed by atoms with Crippen LogP contribution >= 0.6 is 0 Å². The van der Waals surface area contributed by atoms with Gasteiger partial charge in [-0.15, -0.1) is 5.10 Å². The van der Waals surface area contributed by atoms with E-state index in [1.807, 2.05) is 38.2 Å². The Balaban J connectivity index is 2.11. The number of hydrogen-bond acceptors (Lipinski definition) is 4. The van der Waals surface area contributed by atoms with Crippen LogP contribution in [0.3, 0.4) is 0 Å². The number of aryl methyl sites for hydroxylation is 1. The Bertz CT molecular complexity index is 589. The zero-order chi connectivity index (χ0) is 12.7. The topological polar surface area (TPSA) is 43.2 Å². The molecular formula is C13H16N4O. The van der Waals surface area contributed by atoms with Gasteiger partial charge in [0, 0.05) is 27.6 Å². The maximum Gasteiger partial charge on any atom is 0.223 e. The lowest BCUT2D eigenvalue weighted by Gasteiger charge is -2.08. The fraction of sp³-hybridized carbons (Fsp3) is 0.385. The van der Waals surface area contributed by atoms with Gasteiger partial charge in [0.25, 0.3) is 0 Å². The van der Waals surface area contributed by atoms with Crippen LogP contribution in [0.25, 0.3) is 11.4 Å². The summed E-state index contributed by atoms with van der Waals surface area (Å²) < 4.78 is 7.47. The quantitative estimate of drug-likeness (QED) is 0.802. The molecule has 0 atom stereocenters. The third-order valence-electron chi connectivity index (χ3n) is 3.10. The van der Waals surface area contributed by atoms with Crippen LogP contribution in [0.4, 0.5) is 5.95 Å². The number of benzene rings is 1. The maximum absolute atomic E-state index is 5.69. The molecule has 0 aliphatic carbocycles. The average molecular weight is 244 g/mol. The Kier molecular flexibility index (Phi) is 2.47. The van der Waals surface area contributed by atoms with E-state index in [1.165, 1.54) is 5.56 Å². The van der Waals surface area contributed by atoms with E-state index in [-0.39, 0.29) is 0 Å². The van der Waals surface area contributed by atoms with Crippen LogP contribution in [0, 0.1) is 0 Å². The first kappa shape index (κ1) is 11.1. The third-order valence-corrected chi connectivity index (χ3v) is 3.10. The molecule has 18 heavy (non-hydrogen) atoms. The lowest BCUT2D eigenvalue weighted by molar-refractivity contribution is 0.358. The molecule has 1 aliphatic rings. The molecule has 0 spiro atoms. The molecule has 2 aromatic rings. The molecule has 0 saturated heterocycles. The van der Waals surface area contributed by atoms with E-state index in [4.69, 9.17) is 4.74 Å². The molecule has 0 radical (unpaired) electrons. The van der Waals surface area contributed by atoms with Crippen molar-refractivity contribution in [3.63, 3.8) is 0 Å². The van der Waals surface area contributed by atoms with Crippen LogP contribution in [0.5, 0.6) is 5.75 Å². The molecule has 5 heteroatoms. The molecule has 0 unspecified atom stereocenters. The average Bonchev–Trinajstić information content (AvgIpc) is 2.94. The van der Waals surface area contributed by atoms with Gasteiger partial charge >= 0.3 is 0 Å². The van der Waals surface area contributed by atoms with E-state index in [2.05, 4.69) is 16.1 Å². The van der Waals surface area contributed by atoms with Crippen molar-refractivity contribution in [3.05, 3.63) is 23.8 Å². The molecule has 1 aromatic carbocycles. The van der Waals surface area contributed by atoms with Crippen LogP contribution in [0.15, 0.2) is 18.2 Å². The highest BCUT2D eigenvalue weighted by molar-refractivity contribution is 5.68. The van der Waals surface area contributed by atoms with E-state index in [0.29, 0.717) is 0 Å². The van der Waals surface area contributed by atoms with Crippen LogP contribution in [-0.2, 0) is 13.5 Å². The summed E-state index contributed by atoms with van der Waals surface area (Å²) in [5, 5.41) is 4.46. The number of fused-ring (bicyclic) bond motifs is 1. The van der Waals surface area contributed by atoms with Crippen LogP contribution in [0.1, 0.15) is 5.56 Å². The SMILES string of the molecule is CN(C)c1nc(-c2cccc3c2OCC3)nn1C. The van der Waals surface area contributed by atoms with Gasteiger partial charge in [0.1, 0.15) is 5.75 Å². The third kappa shape index (κ3) is 1.63. The summed E-state index contributed by atoms with van der Waals surface area (Å²) in [4.78, 5) is 6.50. The van der Waals surface area contributed by atoms with Gasteiger partial charge < -0.3 is 9.64 Å². The normalized spacial score (nSPS) is 13.3. The van der Waals surface area contributed by atoms with Crippen molar-refractivity contribution in [1.82, 2.24) is 14.8 Å². The van der Waals surface area contributed by atoms with Crippen molar-refractivity contribution in [1.29, 1.82) is 0 Å². The summed E-state index contributed by atoms with van der Waals surface area (Å²) in [6.07, 6.45) is 0.969. The predicted octanol–water partition coefficient (Wildman–Crippen LogP) is 1.48. The summed E-state index contributed by atoms with van der Waals surface area (Å²) in [5.41, 5.74) is 2.22. The molecule has 0 saturated carbocycles. The summed E-state index contributed by atoms with van der Waals surface area (Å²) in [6, 6.07) is 6.15. The molecule has 2 heterocycles. The molecule has 3 rings (SSSR count). The largest absolute Gasteiger partial charge is 0.492 e. The number of aromatic nitrogens is 3. The highest BCUT2D eigenvalue weighted by Crippen LogP contribution is 2.35. The summed E-state index contributed by atoms with van der Waals surface area (Å²) in [5.74, 6) is 2.49. The second kappa shape index (κ2) is 4.01. The minimum atomic E-state index is 0.722. The maximum atomic E-state index is 5.69. The Morgan fingerprint density at radius 3 is 2.89 bits per heavy atom. The standard InChI is InChI=1S/C13H16N4O/c1-16(2)13-14-12(15-17(13)3)10-6-4-5-9-7-8-18-11(9)10/h4-6H,7-8H2,1-3H3. The zero-order valence-electron chi connectivity index (χ0n) is 10.8. The van der Waals surface area contributed by atoms with Gasteiger partial charge in [0.15, 0.2) is 5.82 Å². The van der Waals surface area contributed by atoms with E-state index in [1.54, 1.807) is 4.68 Å². The summed E-state index contributed by atoms with van der Waals surface area (Å²) in [7, 11) is 5.81. The summed E-state index contributed by atoms with van der Waals surface area (Å²) >= 11 is 0. The fourth-order valence-corrected chi connectivity index (χ4v) is 2.27. The van der Waals surface area contributed by atoms with Gasteiger partial charge in [-0.1, -0.05) is 12.1 Å². The summed E-state index contributed by atoms with van der Waals surface area (Å²) in [6.45, 7) is 0.750. The lowest BCUT2D eigenvalue weighted by atomic mass is 10.1. The molecule has 0 amide bonds. The Hall–Kier alpha value is -2.04. The second-order valence-electron chi connectivity index (χ2n) is 4.65. The molecule has 5 nitrogen and oxygen atoms in total. The van der Waals surface area contributed by atoms with E-state index >= 15 is 0 Å². The molecule has 1 aromatic heterocycles. The molecule has 0 bridgehead atoms. The van der Waals surface area contributed by atoms with Gasteiger partial charge in [0.2, 0.25) is 5.95 Å². The number of para-hydroxylation sites is 1. The Morgan fingerprint density at radius 2 is 2.17 bits per heavy atom. The lowest BCUT2D eigenvalue weighted by Crippen LogP contribution is -2.14. The number of nitrogens with zero attached hydrogens (tertiary/aromatic N) is 4. The highest BCUT2D eigenvalue weighted by Gasteiger charge is 2.20. The van der Waals surface area contributed by atoms with Crippen molar-refractivity contribution in [2.45, 2.75) is 6.42 Å². The van der Waals surface area contributed by atoms with Crippen molar-refractivity contribution in [2.24, 2.45) is 7.05 Å². The molecule has 0 N–H and O–H groups in total. The molecule has 94 valence electrons. The second-order valence-corrected chi connectivity index (χ2v) is 4.65. The van der Waals surface area contributed by atoms with Gasteiger partial charge in [-0.3, -0.25) is 0 Å². The van der Waals surface area contributed by atoms with Crippen LogP contribution < -0.4 is 9.64 Å². The van der Waals surface area contributed by atoms with Crippen molar-refractivity contribution >= 4 is 5.95 Å². The van der Waals surface area contributed by atoms with Gasteiger partial charge in [-0.05, 0) is 11.6 Å². The number of ether oxygens (including phenoxy) is 1. The van der Waals surface area contributed by atoms with E-state index < -0.39 is 0 Å². The minimum absolute atomic E-state index is 0.722. The molecule has 0 fully saturated rings. The first-order valence-corrected chi connectivity index (χ1v) is 6.00. The highest BCUT2D eigenvalue weighted by atomic mass is 16.5. The Labute approximate surface area is 106 Å². The number of hydrogen-bond donors (Lipinski definition) is 0. The van der Waals surface area contributed by atoms with Gasteiger partial charge in [0.05, 0.1) is 12.2 Å². The van der Waals surface area contributed by atoms with Crippen molar-refractivity contribution in [3.8, 4) is 17.1 Å².